The van der Waals surface area contributed by atoms with Crippen molar-refractivity contribution in [3.8, 4) is 0 Å². The Morgan fingerprint density at radius 2 is 1.71 bits per heavy atom. The molecule has 0 aliphatic rings. The van der Waals surface area contributed by atoms with E-state index >= 15 is 0 Å². The highest BCUT2D eigenvalue weighted by Gasteiger charge is 2.58. The zero-order valence-corrected chi connectivity index (χ0v) is 10.7. The summed E-state index contributed by atoms with van der Waals surface area (Å²) in [6.07, 6.45) is -5.20. The zero-order chi connectivity index (χ0) is 16.4. The second-order valence-corrected chi connectivity index (χ2v) is 4.33. The molecule has 4 N–H and O–H groups in total. The Morgan fingerprint density at radius 1 is 1.19 bits per heavy atom. The Morgan fingerprint density at radius 3 is 2.14 bits per heavy atom. The lowest BCUT2D eigenvalue weighted by molar-refractivity contribution is -0.203. The number of nitrogens with two attached hydrogens (primary N) is 1. The molecule has 1 aromatic rings. The van der Waals surface area contributed by atoms with Crippen LogP contribution in [0.5, 0.6) is 0 Å². The maximum atomic E-state index is 12.8. The van der Waals surface area contributed by atoms with Gasteiger partial charge in [0.1, 0.15) is 0 Å². The average Bonchev–Trinajstić information content (AvgIpc) is 2.37. The molecule has 9 heteroatoms. The summed E-state index contributed by atoms with van der Waals surface area (Å²) >= 11 is 0. The number of carboxylic acid groups (broad SMARTS) is 1. The summed E-state index contributed by atoms with van der Waals surface area (Å²) in [6, 6.07) is 4.59. The number of carbonyl (C=O) groups is 3. The van der Waals surface area contributed by atoms with Gasteiger partial charge in [-0.1, -0.05) is 6.07 Å². The molecule has 0 radical (unpaired) electrons. The Balaban J connectivity index is 3.12. The van der Waals surface area contributed by atoms with Gasteiger partial charge in [-0.15, -0.1) is 0 Å². The fraction of sp³-hybridized carbons (Fsp3) is 0.250. The second kappa shape index (κ2) is 5.43. The van der Waals surface area contributed by atoms with Crippen LogP contribution in [-0.2, 0) is 4.79 Å². The Hall–Kier alpha value is -2.58. The standard InChI is InChI=1S/C12H11F3N2O4/c1-11(10(20)21,12(13,14)15)17-9(19)7-4-2-3-6(5-7)8(16)18/h2-5H,1H3,(H2,16,18)(H,17,19)(H,20,21). The molecule has 2 amide bonds. The number of alkyl halides is 3. The molecule has 0 bridgehead atoms. The Labute approximate surface area is 116 Å². The molecule has 0 spiro atoms. The van der Waals surface area contributed by atoms with Crippen molar-refractivity contribution in [3.63, 3.8) is 0 Å². The number of carbonyl (C=O) groups excluding carboxylic acids is 2. The summed E-state index contributed by atoms with van der Waals surface area (Å²) in [5.74, 6) is -4.42. The molecular formula is C12H11F3N2O4. The number of primary amides is 1. The molecule has 114 valence electrons. The SMILES string of the molecule is CC(NC(=O)c1cccc(C(N)=O)c1)(C(=O)O)C(F)(F)F. The lowest BCUT2D eigenvalue weighted by Gasteiger charge is -2.28. The summed E-state index contributed by atoms with van der Waals surface area (Å²) in [5.41, 5.74) is 1.12. The largest absolute Gasteiger partial charge is 0.479 e. The number of rotatable bonds is 4. The number of hydrogen-bond acceptors (Lipinski definition) is 3. The minimum atomic E-state index is -5.20. The van der Waals surface area contributed by atoms with Crippen LogP contribution in [-0.4, -0.2) is 34.6 Å². The van der Waals surface area contributed by atoms with Gasteiger partial charge in [-0.25, -0.2) is 4.79 Å². The fourth-order valence-corrected chi connectivity index (χ4v) is 1.36. The van der Waals surface area contributed by atoms with Gasteiger partial charge in [0.25, 0.3) is 5.91 Å². The third-order valence-electron chi connectivity index (χ3n) is 2.77. The molecule has 0 saturated carbocycles. The molecule has 0 heterocycles. The van der Waals surface area contributed by atoms with Crippen molar-refractivity contribution in [2.24, 2.45) is 5.73 Å². The second-order valence-electron chi connectivity index (χ2n) is 4.33. The van der Waals surface area contributed by atoms with Gasteiger partial charge in [0.2, 0.25) is 11.4 Å². The first-order valence-electron chi connectivity index (χ1n) is 5.51. The van der Waals surface area contributed by atoms with Crippen LogP contribution in [0.15, 0.2) is 24.3 Å². The van der Waals surface area contributed by atoms with Crippen LogP contribution in [0.1, 0.15) is 27.6 Å². The quantitative estimate of drug-likeness (QED) is 0.768. The number of amides is 2. The number of nitrogens with one attached hydrogen (secondary N) is 1. The summed E-state index contributed by atoms with van der Waals surface area (Å²) in [4.78, 5) is 33.5. The molecule has 0 aliphatic heterocycles. The maximum absolute atomic E-state index is 12.8. The molecule has 6 nitrogen and oxygen atoms in total. The first-order valence-corrected chi connectivity index (χ1v) is 5.51. The molecule has 1 atom stereocenters. The van der Waals surface area contributed by atoms with Crippen LogP contribution in [0.4, 0.5) is 13.2 Å². The van der Waals surface area contributed by atoms with E-state index in [1.54, 1.807) is 0 Å². The van der Waals surface area contributed by atoms with E-state index in [1.165, 1.54) is 17.4 Å². The molecule has 1 aromatic carbocycles. The van der Waals surface area contributed by atoms with Gasteiger partial charge in [0.15, 0.2) is 0 Å². The van der Waals surface area contributed by atoms with E-state index in [9.17, 15) is 27.6 Å². The van der Waals surface area contributed by atoms with Crippen LogP contribution in [0.25, 0.3) is 0 Å². The minimum Gasteiger partial charge on any atom is -0.479 e. The molecule has 1 rings (SSSR count). The molecule has 0 aliphatic carbocycles. The zero-order valence-electron chi connectivity index (χ0n) is 10.7. The van der Waals surface area contributed by atoms with Crippen LogP contribution < -0.4 is 11.1 Å². The first-order chi connectivity index (χ1) is 9.49. The van der Waals surface area contributed by atoms with E-state index in [0.29, 0.717) is 6.92 Å². The third kappa shape index (κ3) is 3.30. The van der Waals surface area contributed by atoms with Crippen LogP contribution in [0, 0.1) is 0 Å². The number of carboxylic acids is 1. The van der Waals surface area contributed by atoms with Gasteiger partial charge in [0.05, 0.1) is 0 Å². The average molecular weight is 304 g/mol. The van der Waals surface area contributed by atoms with E-state index in [1.807, 2.05) is 0 Å². The van der Waals surface area contributed by atoms with Crippen LogP contribution >= 0.6 is 0 Å². The summed E-state index contributed by atoms with van der Waals surface area (Å²) in [5, 5.41) is 10.1. The van der Waals surface area contributed by atoms with Crippen molar-refractivity contribution in [3.05, 3.63) is 35.4 Å². The van der Waals surface area contributed by atoms with Crippen molar-refractivity contribution < 1.29 is 32.7 Å². The van der Waals surface area contributed by atoms with Crippen molar-refractivity contribution in [2.75, 3.05) is 0 Å². The fourth-order valence-electron chi connectivity index (χ4n) is 1.36. The van der Waals surface area contributed by atoms with Crippen molar-refractivity contribution in [1.29, 1.82) is 0 Å². The number of halogens is 3. The monoisotopic (exact) mass is 304 g/mol. The molecule has 21 heavy (non-hydrogen) atoms. The Kier molecular flexibility index (Phi) is 4.26. The molecular weight excluding hydrogens is 293 g/mol. The smallest absolute Gasteiger partial charge is 0.422 e. The van der Waals surface area contributed by atoms with Gasteiger partial charge in [-0.2, -0.15) is 13.2 Å². The molecule has 0 fully saturated rings. The number of aliphatic carboxylic acids is 1. The van der Waals surface area contributed by atoms with E-state index in [-0.39, 0.29) is 11.1 Å². The van der Waals surface area contributed by atoms with E-state index in [2.05, 4.69) is 0 Å². The topological polar surface area (TPSA) is 109 Å². The van der Waals surface area contributed by atoms with Gasteiger partial charge in [-0.3, -0.25) is 9.59 Å². The van der Waals surface area contributed by atoms with Crippen LogP contribution in [0.3, 0.4) is 0 Å². The van der Waals surface area contributed by atoms with Crippen molar-refractivity contribution in [1.82, 2.24) is 5.32 Å². The first kappa shape index (κ1) is 16.5. The summed E-state index contributed by atoms with van der Waals surface area (Å²) in [6.45, 7) is 0.325. The van der Waals surface area contributed by atoms with E-state index in [4.69, 9.17) is 10.8 Å². The van der Waals surface area contributed by atoms with Gasteiger partial charge < -0.3 is 16.2 Å². The van der Waals surface area contributed by atoms with Gasteiger partial charge in [-0.05, 0) is 25.1 Å². The predicted octanol–water partition coefficient (Wildman–Crippen LogP) is 0.921. The van der Waals surface area contributed by atoms with Crippen LogP contribution in [0.2, 0.25) is 0 Å². The molecule has 0 saturated heterocycles. The summed E-state index contributed by atoms with van der Waals surface area (Å²) in [7, 11) is 0. The molecule has 1 unspecified atom stereocenters. The highest BCUT2D eigenvalue weighted by Crippen LogP contribution is 2.30. The lowest BCUT2D eigenvalue weighted by Crippen LogP contribution is -2.61. The van der Waals surface area contributed by atoms with E-state index in [0.717, 1.165) is 12.1 Å². The highest BCUT2D eigenvalue weighted by atomic mass is 19.4. The molecule has 0 aromatic heterocycles. The number of hydrogen-bond donors (Lipinski definition) is 3. The Bertz CT molecular complexity index is 600. The highest BCUT2D eigenvalue weighted by molar-refractivity contribution is 6.01. The van der Waals surface area contributed by atoms with Gasteiger partial charge in [0, 0.05) is 11.1 Å². The minimum absolute atomic E-state index is 0.0910. The van der Waals surface area contributed by atoms with Crippen molar-refractivity contribution in [2.45, 2.75) is 18.6 Å². The maximum Gasteiger partial charge on any atom is 0.422 e. The van der Waals surface area contributed by atoms with Gasteiger partial charge >= 0.3 is 12.1 Å². The van der Waals surface area contributed by atoms with E-state index < -0.39 is 29.5 Å². The predicted molar refractivity (Wildman–Crippen MR) is 64.5 cm³/mol. The normalized spacial score (nSPS) is 14.1. The third-order valence-corrected chi connectivity index (χ3v) is 2.77. The van der Waals surface area contributed by atoms with Crippen molar-refractivity contribution >= 4 is 17.8 Å². The summed E-state index contributed by atoms with van der Waals surface area (Å²) < 4.78 is 38.3. The number of benzene rings is 1. The lowest BCUT2D eigenvalue weighted by atomic mass is 10.0.